The first-order valence-corrected chi connectivity index (χ1v) is 7.66. The van der Waals surface area contributed by atoms with Gasteiger partial charge in [0.05, 0.1) is 5.52 Å². The average Bonchev–Trinajstić information content (AvgIpc) is 2.42. The predicted octanol–water partition coefficient (Wildman–Crippen LogP) is 4.66. The molecule has 1 N–H and O–H groups in total. The van der Waals surface area contributed by atoms with Crippen LogP contribution in [0.2, 0.25) is 0 Å². The van der Waals surface area contributed by atoms with Crippen LogP contribution < -0.4 is 5.32 Å². The van der Waals surface area contributed by atoms with Gasteiger partial charge in [-0.1, -0.05) is 43.7 Å². The topological polar surface area (TPSA) is 24.9 Å². The van der Waals surface area contributed by atoms with E-state index in [-0.39, 0.29) is 5.54 Å². The van der Waals surface area contributed by atoms with Crippen LogP contribution in [-0.4, -0.2) is 17.1 Å². The molecule has 0 saturated heterocycles. The zero-order chi connectivity index (χ0) is 15.5. The lowest BCUT2D eigenvalue weighted by molar-refractivity contribution is 0.437. The Bertz CT molecular complexity index is 628. The van der Waals surface area contributed by atoms with E-state index in [9.17, 15) is 0 Å². The normalized spacial score (nSPS) is 13.1. The molecule has 0 aliphatic carbocycles. The van der Waals surface area contributed by atoms with E-state index in [2.05, 4.69) is 75.3 Å². The largest absolute Gasteiger partial charge is 0.308 e. The van der Waals surface area contributed by atoms with Gasteiger partial charge in [-0.2, -0.15) is 0 Å². The Balaban J connectivity index is 2.36. The van der Waals surface area contributed by atoms with Gasteiger partial charge in [0.1, 0.15) is 0 Å². The zero-order valence-corrected chi connectivity index (χ0v) is 13.8. The molecule has 1 aromatic heterocycles. The van der Waals surface area contributed by atoms with E-state index in [1.165, 1.54) is 16.5 Å². The van der Waals surface area contributed by atoms with Crippen LogP contribution in [0.4, 0.5) is 0 Å². The second-order valence-electron chi connectivity index (χ2n) is 6.89. The van der Waals surface area contributed by atoms with E-state index in [1.54, 1.807) is 0 Å². The molecule has 0 aliphatic rings. The number of aromatic nitrogens is 1. The van der Waals surface area contributed by atoms with Crippen molar-refractivity contribution in [1.82, 2.24) is 10.3 Å². The first-order chi connectivity index (χ1) is 9.87. The van der Waals surface area contributed by atoms with Crippen LogP contribution >= 0.6 is 0 Å². The number of para-hydroxylation sites is 1. The summed E-state index contributed by atoms with van der Waals surface area (Å²) >= 11 is 0. The van der Waals surface area contributed by atoms with Gasteiger partial charge in [0.2, 0.25) is 0 Å². The lowest BCUT2D eigenvalue weighted by Crippen LogP contribution is -2.37. The highest BCUT2D eigenvalue weighted by molar-refractivity contribution is 5.87. The minimum atomic E-state index is 0.133. The summed E-state index contributed by atoms with van der Waals surface area (Å²) in [6.45, 7) is 12.0. The van der Waals surface area contributed by atoms with Crippen molar-refractivity contribution in [3.05, 3.63) is 47.7 Å². The van der Waals surface area contributed by atoms with Gasteiger partial charge in [-0.3, -0.25) is 4.98 Å². The number of nitrogens with zero attached hydrogens (tertiary/aromatic N) is 1. The van der Waals surface area contributed by atoms with Gasteiger partial charge >= 0.3 is 0 Å². The van der Waals surface area contributed by atoms with Crippen LogP contribution in [-0.2, 0) is 0 Å². The monoisotopic (exact) mass is 282 g/mol. The lowest BCUT2D eigenvalue weighted by Gasteiger charge is -2.23. The first kappa shape index (κ1) is 15.7. The molecule has 0 amide bonds. The fourth-order valence-electron chi connectivity index (χ4n) is 2.23. The SMILES string of the molecule is CC(C)C(=Cc1ccnc2ccccc12)CNC(C)(C)C. The summed E-state index contributed by atoms with van der Waals surface area (Å²) in [5.41, 5.74) is 3.85. The number of nitrogens with one attached hydrogen (secondary N) is 1. The quantitative estimate of drug-likeness (QED) is 0.882. The molecule has 0 radical (unpaired) electrons. The molecule has 2 nitrogen and oxygen atoms in total. The Hall–Kier alpha value is -1.67. The molecule has 2 heteroatoms. The predicted molar refractivity (Wildman–Crippen MR) is 92.3 cm³/mol. The maximum atomic E-state index is 4.43. The summed E-state index contributed by atoms with van der Waals surface area (Å²) in [5, 5.41) is 4.80. The molecule has 21 heavy (non-hydrogen) atoms. The van der Waals surface area contributed by atoms with Gasteiger partial charge in [-0.25, -0.2) is 0 Å². The van der Waals surface area contributed by atoms with Crippen molar-refractivity contribution < 1.29 is 0 Å². The molecule has 112 valence electrons. The molecular weight excluding hydrogens is 256 g/mol. The summed E-state index contributed by atoms with van der Waals surface area (Å²) in [4.78, 5) is 4.43. The van der Waals surface area contributed by atoms with Gasteiger partial charge in [0.25, 0.3) is 0 Å². The van der Waals surface area contributed by atoms with Crippen LogP contribution in [0.3, 0.4) is 0 Å². The molecule has 2 aromatic rings. The van der Waals surface area contributed by atoms with Crippen molar-refractivity contribution in [3.63, 3.8) is 0 Å². The minimum absolute atomic E-state index is 0.133. The maximum absolute atomic E-state index is 4.43. The van der Waals surface area contributed by atoms with Gasteiger partial charge in [-0.15, -0.1) is 0 Å². The van der Waals surface area contributed by atoms with E-state index in [4.69, 9.17) is 0 Å². The van der Waals surface area contributed by atoms with E-state index in [0.29, 0.717) is 5.92 Å². The summed E-state index contributed by atoms with van der Waals surface area (Å²) in [7, 11) is 0. The smallest absolute Gasteiger partial charge is 0.0707 e. The highest BCUT2D eigenvalue weighted by Gasteiger charge is 2.12. The standard InChI is InChI=1S/C19H26N2/c1-14(2)16(13-21-19(3,4)5)12-15-10-11-20-18-9-7-6-8-17(15)18/h6-12,14,21H,13H2,1-5H3. The highest BCUT2D eigenvalue weighted by Crippen LogP contribution is 2.21. The number of hydrogen-bond donors (Lipinski definition) is 1. The Kier molecular flexibility index (Phi) is 4.79. The van der Waals surface area contributed by atoms with Crippen LogP contribution in [0.5, 0.6) is 0 Å². The Morgan fingerprint density at radius 2 is 1.90 bits per heavy atom. The number of pyridine rings is 1. The van der Waals surface area contributed by atoms with E-state index < -0.39 is 0 Å². The van der Waals surface area contributed by atoms with Crippen LogP contribution in [0, 0.1) is 5.92 Å². The second kappa shape index (κ2) is 6.40. The van der Waals surface area contributed by atoms with Crippen molar-refractivity contribution in [2.24, 2.45) is 5.92 Å². The van der Waals surface area contributed by atoms with E-state index in [0.717, 1.165) is 12.1 Å². The van der Waals surface area contributed by atoms with Crippen molar-refractivity contribution >= 4 is 17.0 Å². The lowest BCUT2D eigenvalue weighted by atomic mass is 9.97. The van der Waals surface area contributed by atoms with Crippen LogP contribution in [0.1, 0.15) is 40.2 Å². The molecule has 0 spiro atoms. The molecule has 1 heterocycles. The van der Waals surface area contributed by atoms with Crippen LogP contribution in [0.25, 0.3) is 17.0 Å². The van der Waals surface area contributed by atoms with Crippen LogP contribution in [0.15, 0.2) is 42.1 Å². The Morgan fingerprint density at radius 1 is 1.19 bits per heavy atom. The number of benzene rings is 1. The number of rotatable bonds is 4. The van der Waals surface area contributed by atoms with Crippen molar-refractivity contribution in [2.45, 2.75) is 40.2 Å². The second-order valence-corrected chi connectivity index (χ2v) is 6.89. The zero-order valence-electron chi connectivity index (χ0n) is 13.8. The van der Waals surface area contributed by atoms with Gasteiger partial charge in [-0.05, 0) is 44.4 Å². The van der Waals surface area contributed by atoms with E-state index in [1.807, 2.05) is 12.3 Å². The highest BCUT2D eigenvalue weighted by atomic mass is 14.9. The van der Waals surface area contributed by atoms with Gasteiger partial charge in [0, 0.05) is 23.7 Å². The number of hydrogen-bond acceptors (Lipinski definition) is 2. The van der Waals surface area contributed by atoms with Crippen molar-refractivity contribution in [2.75, 3.05) is 6.54 Å². The Labute approximate surface area is 128 Å². The minimum Gasteiger partial charge on any atom is -0.308 e. The number of fused-ring (bicyclic) bond motifs is 1. The third kappa shape index (κ3) is 4.40. The first-order valence-electron chi connectivity index (χ1n) is 7.66. The molecule has 0 saturated carbocycles. The fraction of sp³-hybridized carbons (Fsp3) is 0.421. The molecule has 0 fully saturated rings. The summed E-state index contributed by atoms with van der Waals surface area (Å²) in [6, 6.07) is 10.4. The third-order valence-corrected chi connectivity index (χ3v) is 3.59. The van der Waals surface area contributed by atoms with Gasteiger partial charge < -0.3 is 5.32 Å². The van der Waals surface area contributed by atoms with Crippen molar-refractivity contribution in [1.29, 1.82) is 0 Å². The molecule has 1 aromatic carbocycles. The van der Waals surface area contributed by atoms with Crippen molar-refractivity contribution in [3.8, 4) is 0 Å². The maximum Gasteiger partial charge on any atom is 0.0707 e. The molecule has 0 aliphatic heterocycles. The molecule has 0 atom stereocenters. The molecule has 2 rings (SSSR count). The summed E-state index contributed by atoms with van der Waals surface area (Å²) in [5.74, 6) is 0.520. The average molecular weight is 282 g/mol. The molecule has 0 unspecified atom stereocenters. The Morgan fingerprint density at radius 3 is 2.57 bits per heavy atom. The fourth-order valence-corrected chi connectivity index (χ4v) is 2.23. The summed E-state index contributed by atoms with van der Waals surface area (Å²) < 4.78 is 0. The third-order valence-electron chi connectivity index (χ3n) is 3.59. The van der Waals surface area contributed by atoms with Gasteiger partial charge in [0.15, 0.2) is 0 Å². The van der Waals surface area contributed by atoms with E-state index >= 15 is 0 Å². The molecular formula is C19H26N2. The summed E-state index contributed by atoms with van der Waals surface area (Å²) in [6.07, 6.45) is 4.21. The molecule has 0 bridgehead atoms.